The number of methoxy groups -OCH3 is 1. The van der Waals surface area contributed by atoms with Crippen molar-refractivity contribution >= 4 is 5.69 Å². The number of ether oxygens (including phenoxy) is 1. The molecule has 1 aromatic carbocycles. The Morgan fingerprint density at radius 1 is 1.42 bits per heavy atom. The van der Waals surface area contributed by atoms with E-state index in [4.69, 9.17) is 4.74 Å². The molecule has 3 nitrogen and oxygen atoms in total. The summed E-state index contributed by atoms with van der Waals surface area (Å²) in [6, 6.07) is 7.08. The van der Waals surface area contributed by atoms with Crippen LogP contribution in [0.1, 0.15) is 44.6 Å². The van der Waals surface area contributed by atoms with Crippen LogP contribution >= 0.6 is 0 Å². The average molecular weight is 262 g/mol. The Labute approximate surface area is 116 Å². The first-order valence-corrected chi connectivity index (χ1v) is 7.36. The molecule has 1 saturated heterocycles. The van der Waals surface area contributed by atoms with Crippen LogP contribution in [0.3, 0.4) is 0 Å². The molecule has 0 aromatic heterocycles. The number of nitrogens with one attached hydrogen (secondary N) is 2. The van der Waals surface area contributed by atoms with Crippen LogP contribution < -0.4 is 15.4 Å². The lowest BCUT2D eigenvalue weighted by atomic mass is 10.0. The van der Waals surface area contributed by atoms with Crippen molar-refractivity contribution in [2.75, 3.05) is 25.5 Å². The fourth-order valence-electron chi connectivity index (χ4n) is 2.69. The van der Waals surface area contributed by atoms with Crippen LogP contribution in [0, 0.1) is 0 Å². The molecule has 1 aromatic rings. The third-order valence-electron chi connectivity index (χ3n) is 3.84. The van der Waals surface area contributed by atoms with Gasteiger partial charge in [0.1, 0.15) is 5.75 Å². The molecule has 0 spiro atoms. The monoisotopic (exact) mass is 262 g/mol. The quantitative estimate of drug-likeness (QED) is 0.824. The summed E-state index contributed by atoms with van der Waals surface area (Å²) in [5.74, 6) is 1.46. The molecule has 1 aliphatic rings. The topological polar surface area (TPSA) is 33.3 Å². The van der Waals surface area contributed by atoms with E-state index in [0.29, 0.717) is 12.0 Å². The zero-order chi connectivity index (χ0) is 13.7. The largest absolute Gasteiger partial charge is 0.496 e. The van der Waals surface area contributed by atoms with E-state index in [1.807, 2.05) is 0 Å². The van der Waals surface area contributed by atoms with Gasteiger partial charge in [0.2, 0.25) is 0 Å². The first-order chi connectivity index (χ1) is 9.20. The van der Waals surface area contributed by atoms with Gasteiger partial charge < -0.3 is 15.4 Å². The summed E-state index contributed by atoms with van der Waals surface area (Å²) in [5.41, 5.74) is 2.47. The van der Waals surface area contributed by atoms with E-state index >= 15 is 0 Å². The smallest absolute Gasteiger partial charge is 0.122 e. The molecule has 1 heterocycles. The summed E-state index contributed by atoms with van der Waals surface area (Å²) in [5, 5.41) is 7.05. The van der Waals surface area contributed by atoms with Gasteiger partial charge in [-0.2, -0.15) is 0 Å². The number of hydrogen-bond acceptors (Lipinski definition) is 3. The molecule has 0 amide bonds. The second kappa shape index (κ2) is 6.80. The highest BCUT2D eigenvalue weighted by molar-refractivity contribution is 5.52. The van der Waals surface area contributed by atoms with Crippen molar-refractivity contribution in [3.8, 4) is 5.75 Å². The minimum atomic E-state index is 0.480. The second-order valence-corrected chi connectivity index (χ2v) is 5.62. The van der Waals surface area contributed by atoms with Crippen molar-refractivity contribution in [2.45, 2.75) is 45.1 Å². The van der Waals surface area contributed by atoms with E-state index in [0.717, 1.165) is 12.3 Å². The van der Waals surface area contributed by atoms with Gasteiger partial charge in [-0.15, -0.1) is 0 Å². The normalized spacial score (nSPS) is 18.8. The summed E-state index contributed by atoms with van der Waals surface area (Å²) < 4.78 is 5.41. The lowest BCUT2D eigenvalue weighted by molar-refractivity contribution is 0.407. The van der Waals surface area contributed by atoms with Crippen molar-refractivity contribution in [1.82, 2.24) is 5.32 Å². The van der Waals surface area contributed by atoms with Crippen LogP contribution in [-0.2, 0) is 0 Å². The number of rotatable bonds is 6. The molecular weight excluding hydrogens is 236 g/mol. The van der Waals surface area contributed by atoms with Crippen molar-refractivity contribution in [3.63, 3.8) is 0 Å². The molecular formula is C16H26N2O. The maximum atomic E-state index is 5.41. The number of benzene rings is 1. The highest BCUT2D eigenvalue weighted by Crippen LogP contribution is 2.29. The Kier molecular flexibility index (Phi) is 5.08. The average Bonchev–Trinajstić information content (AvgIpc) is 2.91. The van der Waals surface area contributed by atoms with Gasteiger partial charge in [0.05, 0.1) is 7.11 Å². The maximum Gasteiger partial charge on any atom is 0.122 e. The first kappa shape index (κ1) is 14.2. The molecule has 2 rings (SSSR count). The van der Waals surface area contributed by atoms with E-state index in [2.05, 4.69) is 42.7 Å². The lowest BCUT2D eigenvalue weighted by Crippen LogP contribution is -2.24. The SMILES string of the molecule is COc1ccc(NCCC2CCCN2)cc1C(C)C. The van der Waals surface area contributed by atoms with Crippen LogP contribution in [-0.4, -0.2) is 26.2 Å². The molecule has 1 aliphatic heterocycles. The van der Waals surface area contributed by atoms with Crippen LogP contribution in [0.4, 0.5) is 5.69 Å². The predicted molar refractivity (Wildman–Crippen MR) is 81.2 cm³/mol. The Bertz CT molecular complexity index is 398. The fraction of sp³-hybridized carbons (Fsp3) is 0.625. The minimum absolute atomic E-state index is 0.480. The molecule has 2 N–H and O–H groups in total. The fourth-order valence-corrected chi connectivity index (χ4v) is 2.69. The lowest BCUT2D eigenvalue weighted by Gasteiger charge is -2.15. The van der Waals surface area contributed by atoms with Crippen molar-refractivity contribution in [1.29, 1.82) is 0 Å². The zero-order valence-electron chi connectivity index (χ0n) is 12.3. The van der Waals surface area contributed by atoms with E-state index < -0.39 is 0 Å². The van der Waals surface area contributed by atoms with Crippen molar-refractivity contribution < 1.29 is 4.74 Å². The van der Waals surface area contributed by atoms with E-state index in [1.165, 1.54) is 37.1 Å². The maximum absolute atomic E-state index is 5.41. The molecule has 1 unspecified atom stereocenters. The van der Waals surface area contributed by atoms with Gasteiger partial charge in [0.15, 0.2) is 0 Å². The van der Waals surface area contributed by atoms with E-state index in [1.54, 1.807) is 7.11 Å². The molecule has 106 valence electrons. The highest BCUT2D eigenvalue weighted by atomic mass is 16.5. The van der Waals surface area contributed by atoms with Gasteiger partial charge in [0, 0.05) is 18.3 Å². The molecule has 0 bridgehead atoms. The Hall–Kier alpha value is -1.22. The molecule has 19 heavy (non-hydrogen) atoms. The van der Waals surface area contributed by atoms with Gasteiger partial charge >= 0.3 is 0 Å². The van der Waals surface area contributed by atoms with E-state index in [9.17, 15) is 0 Å². The summed E-state index contributed by atoms with van der Waals surface area (Å²) in [6.07, 6.45) is 3.84. The molecule has 3 heteroatoms. The molecule has 0 saturated carbocycles. The Morgan fingerprint density at radius 3 is 2.89 bits per heavy atom. The van der Waals surface area contributed by atoms with Gasteiger partial charge in [-0.25, -0.2) is 0 Å². The van der Waals surface area contributed by atoms with Crippen LogP contribution in [0.15, 0.2) is 18.2 Å². The third kappa shape index (κ3) is 3.87. The van der Waals surface area contributed by atoms with Crippen LogP contribution in [0.5, 0.6) is 5.75 Å². The van der Waals surface area contributed by atoms with Gasteiger partial charge in [-0.3, -0.25) is 0 Å². The molecule has 0 aliphatic carbocycles. The standard InChI is InChI=1S/C16H26N2O/c1-12(2)15-11-14(6-7-16(15)19-3)18-10-8-13-5-4-9-17-13/h6-7,11-13,17-18H,4-5,8-10H2,1-3H3. The summed E-state index contributed by atoms with van der Waals surface area (Å²) >= 11 is 0. The molecule has 1 atom stereocenters. The number of hydrogen-bond donors (Lipinski definition) is 2. The van der Waals surface area contributed by atoms with Gasteiger partial charge in [0.25, 0.3) is 0 Å². The highest BCUT2D eigenvalue weighted by Gasteiger charge is 2.13. The summed E-state index contributed by atoms with van der Waals surface area (Å²) in [7, 11) is 1.74. The van der Waals surface area contributed by atoms with Crippen molar-refractivity contribution in [3.05, 3.63) is 23.8 Å². The Balaban J connectivity index is 1.90. The van der Waals surface area contributed by atoms with Crippen molar-refractivity contribution in [2.24, 2.45) is 0 Å². The van der Waals surface area contributed by atoms with Crippen LogP contribution in [0.2, 0.25) is 0 Å². The van der Waals surface area contributed by atoms with Gasteiger partial charge in [-0.05, 0) is 55.5 Å². The number of anilines is 1. The molecule has 1 fully saturated rings. The molecule has 0 radical (unpaired) electrons. The predicted octanol–water partition coefficient (Wildman–Crippen LogP) is 3.37. The summed E-state index contributed by atoms with van der Waals surface area (Å²) in [4.78, 5) is 0. The summed E-state index contributed by atoms with van der Waals surface area (Å²) in [6.45, 7) is 6.61. The third-order valence-corrected chi connectivity index (χ3v) is 3.84. The van der Waals surface area contributed by atoms with Crippen LogP contribution in [0.25, 0.3) is 0 Å². The van der Waals surface area contributed by atoms with E-state index in [-0.39, 0.29) is 0 Å². The first-order valence-electron chi connectivity index (χ1n) is 7.36. The van der Waals surface area contributed by atoms with Gasteiger partial charge in [-0.1, -0.05) is 13.8 Å². The second-order valence-electron chi connectivity index (χ2n) is 5.62. The Morgan fingerprint density at radius 2 is 2.26 bits per heavy atom. The zero-order valence-corrected chi connectivity index (χ0v) is 12.3. The minimum Gasteiger partial charge on any atom is -0.496 e.